The average Bonchev–Trinajstić information content (AvgIpc) is 2.89. The number of rotatable bonds is 2. The van der Waals surface area contributed by atoms with Crippen LogP contribution in [0.1, 0.15) is 0 Å². The first-order valence-electron chi connectivity index (χ1n) is 5.72. The first-order chi connectivity index (χ1) is 9.65. The lowest BCUT2D eigenvalue weighted by atomic mass is 10.2. The highest BCUT2D eigenvalue weighted by Crippen LogP contribution is 2.30. The van der Waals surface area contributed by atoms with E-state index in [1.165, 1.54) is 24.3 Å². The van der Waals surface area contributed by atoms with E-state index in [1.807, 2.05) is 0 Å². The van der Waals surface area contributed by atoms with E-state index in [4.69, 9.17) is 16.1 Å². The Balaban J connectivity index is 2.04. The lowest BCUT2D eigenvalue weighted by Gasteiger charge is -1.99. The molecule has 0 fully saturated rings. The van der Waals surface area contributed by atoms with E-state index in [0.29, 0.717) is 11.4 Å². The van der Waals surface area contributed by atoms with Crippen molar-refractivity contribution in [3.05, 3.63) is 53.3 Å². The van der Waals surface area contributed by atoms with Gasteiger partial charge >= 0.3 is 0 Å². The van der Waals surface area contributed by atoms with E-state index in [2.05, 4.69) is 10.1 Å². The zero-order valence-electron chi connectivity index (χ0n) is 10.0. The smallest absolute Gasteiger partial charge is 0.262 e. The first-order valence-corrected chi connectivity index (χ1v) is 6.10. The summed E-state index contributed by atoms with van der Waals surface area (Å²) < 4.78 is 18.8. The molecule has 2 aromatic carbocycles. The topological polar surface area (TPSA) is 59.2 Å². The van der Waals surface area contributed by atoms with Crippen LogP contribution in [0.4, 0.5) is 4.39 Å². The normalized spacial score (nSPS) is 10.7. The maximum Gasteiger partial charge on any atom is 0.262 e. The highest BCUT2D eigenvalue weighted by atomic mass is 35.5. The van der Waals surface area contributed by atoms with Gasteiger partial charge in [-0.15, -0.1) is 0 Å². The Morgan fingerprint density at radius 2 is 1.85 bits per heavy atom. The third kappa shape index (κ3) is 2.23. The fourth-order valence-corrected chi connectivity index (χ4v) is 2.00. The highest BCUT2D eigenvalue weighted by Gasteiger charge is 2.17. The molecule has 0 saturated heterocycles. The summed E-state index contributed by atoms with van der Waals surface area (Å²) >= 11 is 5.94. The molecule has 1 heterocycles. The van der Waals surface area contributed by atoms with Crippen molar-refractivity contribution in [3.63, 3.8) is 0 Å². The quantitative estimate of drug-likeness (QED) is 0.777. The molecule has 0 saturated carbocycles. The summed E-state index contributed by atoms with van der Waals surface area (Å²) in [5.41, 5.74) is 0.719. The Morgan fingerprint density at radius 3 is 2.55 bits per heavy atom. The van der Waals surface area contributed by atoms with Gasteiger partial charge in [0.25, 0.3) is 5.89 Å². The van der Waals surface area contributed by atoms with Gasteiger partial charge in [0.2, 0.25) is 5.82 Å². The summed E-state index contributed by atoms with van der Waals surface area (Å²) in [6, 6.07) is 10.6. The molecule has 6 heteroatoms. The molecule has 0 aliphatic rings. The second kappa shape index (κ2) is 4.94. The first kappa shape index (κ1) is 12.6. The number of halogens is 2. The van der Waals surface area contributed by atoms with E-state index in [1.54, 1.807) is 18.2 Å². The predicted octanol–water partition coefficient (Wildman–Crippen LogP) is 3.90. The summed E-state index contributed by atoms with van der Waals surface area (Å²) in [5.74, 6) is -0.0940. The van der Waals surface area contributed by atoms with Gasteiger partial charge in [0.15, 0.2) is 0 Å². The molecule has 0 spiro atoms. The monoisotopic (exact) mass is 290 g/mol. The Morgan fingerprint density at radius 1 is 1.10 bits per heavy atom. The minimum Gasteiger partial charge on any atom is -0.508 e. The summed E-state index contributed by atoms with van der Waals surface area (Å²) in [6.07, 6.45) is 0. The van der Waals surface area contributed by atoms with Gasteiger partial charge in [0, 0.05) is 5.56 Å². The minimum atomic E-state index is -0.529. The SMILES string of the molecule is Oc1ccc(-c2noc(-c3c(F)cccc3Cl)n2)cc1. The van der Waals surface area contributed by atoms with Crippen LogP contribution in [0.5, 0.6) is 5.75 Å². The number of aromatic nitrogens is 2. The molecule has 0 aliphatic heterocycles. The number of aromatic hydroxyl groups is 1. The molecule has 0 radical (unpaired) electrons. The van der Waals surface area contributed by atoms with E-state index in [0.717, 1.165) is 0 Å². The second-order valence-electron chi connectivity index (χ2n) is 4.07. The predicted molar refractivity (Wildman–Crippen MR) is 71.8 cm³/mol. The van der Waals surface area contributed by atoms with Gasteiger partial charge < -0.3 is 9.63 Å². The van der Waals surface area contributed by atoms with Crippen LogP contribution in [-0.4, -0.2) is 15.2 Å². The van der Waals surface area contributed by atoms with Crippen molar-refractivity contribution in [2.45, 2.75) is 0 Å². The van der Waals surface area contributed by atoms with E-state index >= 15 is 0 Å². The van der Waals surface area contributed by atoms with Crippen LogP contribution in [0.15, 0.2) is 47.0 Å². The molecule has 20 heavy (non-hydrogen) atoms. The molecule has 1 N–H and O–H groups in total. The standard InChI is InChI=1S/C14H8ClFN2O2/c15-10-2-1-3-11(16)12(10)14-17-13(18-20-14)8-4-6-9(19)7-5-8/h1-7,19H. The minimum absolute atomic E-state index is 0.0103. The van der Waals surface area contributed by atoms with Crippen LogP contribution < -0.4 is 0 Å². The van der Waals surface area contributed by atoms with Gasteiger partial charge in [-0.2, -0.15) is 4.98 Å². The van der Waals surface area contributed by atoms with Gasteiger partial charge in [-0.3, -0.25) is 0 Å². The Bertz CT molecular complexity index is 736. The molecule has 0 aliphatic carbocycles. The Labute approximate surface area is 118 Å². The number of hydrogen-bond acceptors (Lipinski definition) is 4. The van der Waals surface area contributed by atoms with Gasteiger partial charge in [0.05, 0.1) is 10.6 Å². The van der Waals surface area contributed by atoms with E-state index < -0.39 is 5.82 Å². The lowest BCUT2D eigenvalue weighted by Crippen LogP contribution is -1.86. The molecular formula is C14H8ClFN2O2. The van der Waals surface area contributed by atoms with Gasteiger partial charge in [-0.1, -0.05) is 22.8 Å². The fourth-order valence-electron chi connectivity index (χ4n) is 1.75. The van der Waals surface area contributed by atoms with Crippen LogP contribution in [0, 0.1) is 5.82 Å². The van der Waals surface area contributed by atoms with Crippen LogP contribution in [0.3, 0.4) is 0 Å². The number of nitrogens with zero attached hydrogens (tertiary/aromatic N) is 2. The third-order valence-electron chi connectivity index (χ3n) is 2.73. The Hall–Kier alpha value is -2.40. The molecule has 0 unspecified atom stereocenters. The van der Waals surface area contributed by atoms with Gasteiger partial charge in [0.1, 0.15) is 11.6 Å². The summed E-state index contributed by atoms with van der Waals surface area (Å²) in [6.45, 7) is 0. The van der Waals surface area contributed by atoms with E-state index in [9.17, 15) is 9.50 Å². The number of hydrogen-bond donors (Lipinski definition) is 1. The van der Waals surface area contributed by atoms with Crippen LogP contribution in [0.2, 0.25) is 5.02 Å². The summed E-state index contributed by atoms with van der Waals surface area (Å²) in [7, 11) is 0. The average molecular weight is 291 g/mol. The van der Waals surface area contributed by atoms with Crippen LogP contribution in [0.25, 0.3) is 22.8 Å². The van der Waals surface area contributed by atoms with Crippen molar-refractivity contribution in [2.75, 3.05) is 0 Å². The zero-order valence-corrected chi connectivity index (χ0v) is 10.8. The second-order valence-corrected chi connectivity index (χ2v) is 4.47. The molecule has 3 rings (SSSR count). The van der Waals surface area contributed by atoms with Crippen LogP contribution in [-0.2, 0) is 0 Å². The maximum absolute atomic E-state index is 13.8. The van der Waals surface area contributed by atoms with Crippen molar-refractivity contribution in [2.24, 2.45) is 0 Å². The lowest BCUT2D eigenvalue weighted by molar-refractivity contribution is 0.429. The number of phenolic OH excluding ortho intramolecular Hbond substituents is 1. The molecule has 100 valence electrons. The highest BCUT2D eigenvalue weighted by molar-refractivity contribution is 6.33. The maximum atomic E-state index is 13.8. The van der Waals surface area contributed by atoms with Crippen molar-refractivity contribution >= 4 is 11.6 Å². The molecule has 4 nitrogen and oxygen atoms in total. The zero-order chi connectivity index (χ0) is 14.1. The van der Waals surface area contributed by atoms with Crippen LogP contribution >= 0.6 is 11.6 Å². The van der Waals surface area contributed by atoms with Crippen molar-refractivity contribution in [1.29, 1.82) is 0 Å². The van der Waals surface area contributed by atoms with Crippen molar-refractivity contribution < 1.29 is 14.0 Å². The summed E-state index contributed by atoms with van der Waals surface area (Å²) in [4.78, 5) is 4.12. The Kier molecular flexibility index (Phi) is 3.12. The van der Waals surface area contributed by atoms with Crippen molar-refractivity contribution in [1.82, 2.24) is 10.1 Å². The molecule has 0 atom stereocenters. The molecular weight excluding hydrogens is 283 g/mol. The molecule has 1 aromatic heterocycles. The molecule has 3 aromatic rings. The van der Waals surface area contributed by atoms with Crippen molar-refractivity contribution in [3.8, 4) is 28.6 Å². The summed E-state index contributed by atoms with van der Waals surface area (Å²) in [5, 5.41) is 13.2. The number of benzene rings is 2. The molecule has 0 bridgehead atoms. The fraction of sp³-hybridized carbons (Fsp3) is 0. The largest absolute Gasteiger partial charge is 0.508 e. The molecule has 0 amide bonds. The van der Waals surface area contributed by atoms with E-state index in [-0.39, 0.29) is 22.2 Å². The number of phenols is 1. The van der Waals surface area contributed by atoms with Gasteiger partial charge in [-0.25, -0.2) is 4.39 Å². The third-order valence-corrected chi connectivity index (χ3v) is 3.04. The van der Waals surface area contributed by atoms with Gasteiger partial charge in [-0.05, 0) is 36.4 Å².